The lowest BCUT2D eigenvalue weighted by Crippen LogP contribution is -2.36. The number of thiocarbonyl (C=S) groups is 1. The van der Waals surface area contributed by atoms with Crippen LogP contribution in [0.1, 0.15) is 44.9 Å². The lowest BCUT2D eigenvalue weighted by atomic mass is 9.97. The average molecular weight is 417 g/mol. The molecule has 0 aliphatic carbocycles. The van der Waals surface area contributed by atoms with Gasteiger partial charge in [0.2, 0.25) is 0 Å². The highest BCUT2D eigenvalue weighted by Crippen LogP contribution is 2.33. The van der Waals surface area contributed by atoms with Gasteiger partial charge >= 0.3 is 6.09 Å². The molecule has 154 valence electrons. The standard InChI is InChI=1S/C22H25FN2O3S/c1-13-20(29)24-18-12-15(9-10-19(18)27-13)17(25-21(26)28-22(2,3)4)11-14-7-5-6-8-16(14)23/h5-10,12-13,17H,11H2,1-4H3,(H,24,29)(H,25,26). The van der Waals surface area contributed by atoms with Crippen LogP contribution in [-0.2, 0) is 11.2 Å². The second-order valence-corrected chi connectivity index (χ2v) is 8.44. The molecule has 1 aliphatic heterocycles. The fourth-order valence-corrected chi connectivity index (χ4v) is 3.19. The molecular formula is C22H25FN2O3S. The molecule has 0 aromatic heterocycles. The molecule has 0 bridgehead atoms. The van der Waals surface area contributed by atoms with Gasteiger partial charge < -0.3 is 20.1 Å². The molecule has 0 fully saturated rings. The fourth-order valence-electron chi connectivity index (χ4n) is 3.03. The van der Waals surface area contributed by atoms with E-state index in [1.54, 1.807) is 39.0 Å². The summed E-state index contributed by atoms with van der Waals surface area (Å²) in [6, 6.07) is 11.5. The van der Waals surface area contributed by atoms with Gasteiger partial charge in [-0.1, -0.05) is 36.5 Å². The first-order valence-electron chi connectivity index (χ1n) is 9.47. The fraction of sp³-hybridized carbons (Fsp3) is 0.364. The average Bonchev–Trinajstić information content (AvgIpc) is 2.62. The lowest BCUT2D eigenvalue weighted by molar-refractivity contribution is 0.0503. The molecule has 1 amide bonds. The summed E-state index contributed by atoms with van der Waals surface area (Å²) in [5, 5.41) is 6.02. The monoisotopic (exact) mass is 416 g/mol. The van der Waals surface area contributed by atoms with E-state index >= 15 is 0 Å². The summed E-state index contributed by atoms with van der Waals surface area (Å²) in [5.74, 6) is 0.356. The number of hydrogen-bond donors (Lipinski definition) is 2. The van der Waals surface area contributed by atoms with Gasteiger partial charge in [-0.05, 0) is 63.4 Å². The van der Waals surface area contributed by atoms with Crippen LogP contribution in [-0.4, -0.2) is 22.8 Å². The van der Waals surface area contributed by atoms with E-state index in [1.807, 2.05) is 25.1 Å². The predicted octanol–water partition coefficient (Wildman–Crippen LogP) is 5.15. The Morgan fingerprint density at radius 3 is 2.72 bits per heavy atom. The second kappa shape index (κ2) is 8.37. The van der Waals surface area contributed by atoms with E-state index < -0.39 is 17.7 Å². The first kappa shape index (κ1) is 21.0. The molecule has 2 unspecified atom stereocenters. The van der Waals surface area contributed by atoms with Crippen molar-refractivity contribution in [3.8, 4) is 5.75 Å². The summed E-state index contributed by atoms with van der Waals surface area (Å²) in [4.78, 5) is 13.0. The minimum atomic E-state index is -0.639. The number of rotatable bonds is 4. The van der Waals surface area contributed by atoms with Crippen molar-refractivity contribution < 1.29 is 18.7 Å². The number of amides is 1. The molecule has 0 saturated carbocycles. The molecule has 1 heterocycles. The van der Waals surface area contributed by atoms with Crippen molar-refractivity contribution in [3.05, 3.63) is 59.4 Å². The molecule has 2 atom stereocenters. The summed E-state index contributed by atoms with van der Waals surface area (Å²) >= 11 is 5.29. The quantitative estimate of drug-likeness (QED) is 0.675. The number of hydrogen-bond acceptors (Lipinski definition) is 4. The minimum absolute atomic E-state index is 0.211. The van der Waals surface area contributed by atoms with Crippen molar-refractivity contribution in [2.45, 2.75) is 51.9 Å². The van der Waals surface area contributed by atoms with Gasteiger partial charge in [0.15, 0.2) is 0 Å². The molecular weight excluding hydrogens is 391 g/mol. The van der Waals surface area contributed by atoms with E-state index in [9.17, 15) is 9.18 Å². The number of benzene rings is 2. The van der Waals surface area contributed by atoms with Gasteiger partial charge in [-0.2, -0.15) is 0 Å². The lowest BCUT2D eigenvalue weighted by Gasteiger charge is -2.28. The van der Waals surface area contributed by atoms with E-state index in [1.165, 1.54) is 6.07 Å². The molecule has 2 N–H and O–H groups in total. The van der Waals surface area contributed by atoms with Crippen LogP contribution in [0.2, 0.25) is 0 Å². The smallest absolute Gasteiger partial charge is 0.408 e. The Balaban J connectivity index is 1.90. The number of carbonyl (C=O) groups is 1. The van der Waals surface area contributed by atoms with Crippen molar-refractivity contribution in [1.82, 2.24) is 5.32 Å². The van der Waals surface area contributed by atoms with Crippen molar-refractivity contribution in [3.63, 3.8) is 0 Å². The Morgan fingerprint density at radius 2 is 2.03 bits per heavy atom. The molecule has 5 nitrogen and oxygen atoms in total. The minimum Gasteiger partial charge on any atom is -0.481 e. The number of ether oxygens (including phenoxy) is 2. The number of halogens is 1. The van der Waals surface area contributed by atoms with Gasteiger partial charge in [-0.25, -0.2) is 9.18 Å². The Morgan fingerprint density at radius 1 is 1.31 bits per heavy atom. The van der Waals surface area contributed by atoms with Crippen LogP contribution < -0.4 is 15.4 Å². The summed E-state index contributed by atoms with van der Waals surface area (Å²) < 4.78 is 25.4. The SMILES string of the molecule is CC1Oc2ccc(C(Cc3ccccc3F)NC(=O)OC(C)(C)C)cc2NC1=S. The van der Waals surface area contributed by atoms with E-state index in [2.05, 4.69) is 10.6 Å². The molecule has 29 heavy (non-hydrogen) atoms. The van der Waals surface area contributed by atoms with Crippen LogP contribution in [0.5, 0.6) is 5.75 Å². The van der Waals surface area contributed by atoms with E-state index in [0.717, 1.165) is 11.3 Å². The van der Waals surface area contributed by atoms with Gasteiger partial charge in [0, 0.05) is 0 Å². The van der Waals surface area contributed by atoms with Gasteiger partial charge in [0.05, 0.1) is 11.7 Å². The summed E-state index contributed by atoms with van der Waals surface area (Å²) in [5.41, 5.74) is 1.36. The van der Waals surface area contributed by atoms with E-state index in [0.29, 0.717) is 16.3 Å². The van der Waals surface area contributed by atoms with Gasteiger partial charge in [0.25, 0.3) is 0 Å². The molecule has 7 heteroatoms. The van der Waals surface area contributed by atoms with Crippen LogP contribution in [0.4, 0.5) is 14.9 Å². The first-order valence-corrected chi connectivity index (χ1v) is 9.87. The zero-order chi connectivity index (χ0) is 21.2. The summed E-state index contributed by atoms with van der Waals surface area (Å²) in [7, 11) is 0. The number of alkyl carbamates (subject to hydrolysis) is 1. The van der Waals surface area contributed by atoms with Crippen molar-refractivity contribution in [1.29, 1.82) is 0 Å². The van der Waals surface area contributed by atoms with Crippen LogP contribution in [0.25, 0.3) is 0 Å². The third-order valence-electron chi connectivity index (χ3n) is 4.41. The molecule has 0 spiro atoms. The van der Waals surface area contributed by atoms with Crippen LogP contribution in [0.3, 0.4) is 0 Å². The molecule has 2 aromatic rings. The zero-order valence-electron chi connectivity index (χ0n) is 16.9. The van der Waals surface area contributed by atoms with Crippen LogP contribution >= 0.6 is 12.2 Å². The van der Waals surface area contributed by atoms with Crippen LogP contribution in [0, 0.1) is 5.82 Å². The van der Waals surface area contributed by atoms with Crippen LogP contribution in [0.15, 0.2) is 42.5 Å². The largest absolute Gasteiger partial charge is 0.481 e. The Bertz CT molecular complexity index is 927. The third-order valence-corrected chi connectivity index (χ3v) is 4.84. The third kappa shape index (κ3) is 5.44. The number of nitrogens with one attached hydrogen (secondary N) is 2. The summed E-state index contributed by atoms with van der Waals surface area (Å²) in [6.07, 6.45) is -0.505. The Kier molecular flexibility index (Phi) is 6.07. The highest BCUT2D eigenvalue weighted by atomic mass is 32.1. The first-order chi connectivity index (χ1) is 13.6. The van der Waals surface area contributed by atoms with Gasteiger partial charge in [-0.15, -0.1) is 0 Å². The molecule has 1 aliphatic rings. The number of fused-ring (bicyclic) bond motifs is 1. The maximum atomic E-state index is 14.2. The molecule has 2 aromatic carbocycles. The van der Waals surface area contributed by atoms with E-state index in [4.69, 9.17) is 21.7 Å². The molecule has 3 rings (SSSR count). The van der Waals surface area contributed by atoms with Crippen molar-refractivity contribution in [2.24, 2.45) is 0 Å². The maximum Gasteiger partial charge on any atom is 0.408 e. The predicted molar refractivity (Wildman–Crippen MR) is 115 cm³/mol. The second-order valence-electron chi connectivity index (χ2n) is 8.00. The Labute approximate surface area is 175 Å². The van der Waals surface area contributed by atoms with Gasteiger partial charge in [-0.3, -0.25) is 0 Å². The van der Waals surface area contributed by atoms with E-state index in [-0.39, 0.29) is 18.3 Å². The van der Waals surface area contributed by atoms with Crippen molar-refractivity contribution >= 4 is 29.0 Å². The molecule has 0 radical (unpaired) electrons. The molecule has 0 saturated heterocycles. The number of carbonyl (C=O) groups excluding carboxylic acids is 1. The normalized spacial score (nSPS) is 16.9. The number of anilines is 1. The maximum absolute atomic E-state index is 14.2. The topological polar surface area (TPSA) is 59.6 Å². The Hall–Kier alpha value is -2.67. The zero-order valence-corrected chi connectivity index (χ0v) is 17.7. The highest BCUT2D eigenvalue weighted by Gasteiger charge is 2.25. The summed E-state index contributed by atoms with van der Waals surface area (Å²) in [6.45, 7) is 7.25. The van der Waals surface area contributed by atoms with Gasteiger partial charge in [0.1, 0.15) is 28.3 Å². The highest BCUT2D eigenvalue weighted by molar-refractivity contribution is 7.80. The van der Waals surface area contributed by atoms with Crippen molar-refractivity contribution in [2.75, 3.05) is 5.32 Å².